The van der Waals surface area contributed by atoms with E-state index in [-0.39, 0.29) is 24.0 Å². The molecule has 3 aromatic rings. The Labute approximate surface area is 175 Å². The van der Waals surface area contributed by atoms with Crippen LogP contribution in [0.5, 0.6) is 0 Å². The van der Waals surface area contributed by atoms with Gasteiger partial charge in [0.15, 0.2) is 5.96 Å². The number of aromatic amines is 1. The smallest absolute Gasteiger partial charge is 0.191 e. The van der Waals surface area contributed by atoms with Gasteiger partial charge in [-0.15, -0.1) is 34.2 Å². The molecule has 0 atom stereocenters. The van der Waals surface area contributed by atoms with Crippen molar-refractivity contribution in [1.82, 2.24) is 35.4 Å². The number of hydrogen-bond donors (Lipinski definition) is 3. The minimum absolute atomic E-state index is 0. The number of aryl methyl sites for hydroxylation is 1. The first-order valence-corrected chi connectivity index (χ1v) is 8.70. The van der Waals surface area contributed by atoms with Crippen molar-refractivity contribution in [3.63, 3.8) is 0 Å². The topological polar surface area (TPSA) is 95.8 Å². The average Bonchev–Trinajstić information content (AvgIpc) is 3.34. The number of guanidine groups is 1. The number of nitrogens with one attached hydrogen (secondary N) is 3. The molecule has 3 rings (SSSR count). The number of rotatable bonds is 7. The maximum Gasteiger partial charge on any atom is 0.191 e. The highest BCUT2D eigenvalue weighted by molar-refractivity contribution is 14.0. The molecule has 0 bridgehead atoms. The van der Waals surface area contributed by atoms with E-state index in [1.165, 1.54) is 0 Å². The maximum absolute atomic E-state index is 4.42. The number of nitrogens with zero attached hydrogens (tertiary/aromatic N) is 5. The molecule has 0 fully saturated rings. The largest absolute Gasteiger partial charge is 0.355 e. The first-order valence-electron chi connectivity index (χ1n) is 8.70. The van der Waals surface area contributed by atoms with E-state index >= 15 is 0 Å². The number of benzene rings is 1. The molecule has 0 aliphatic rings. The standard InChI is InChI=1S/C18H24N8.HI/c1-3-17-25-23-13-26(17)10-9-20-18(19-2)22-12-16-21-11-15(24-16)14-7-5-4-6-8-14;/h4-8,11,13H,3,9-10,12H2,1-2H3,(H,21,24)(H2,19,20,22);1H. The van der Waals surface area contributed by atoms with Crippen LogP contribution in [0.2, 0.25) is 0 Å². The molecular weight excluding hydrogens is 455 g/mol. The van der Waals surface area contributed by atoms with E-state index in [1.807, 2.05) is 29.0 Å². The normalized spacial score (nSPS) is 11.1. The fourth-order valence-electron chi connectivity index (χ4n) is 2.64. The van der Waals surface area contributed by atoms with E-state index in [0.29, 0.717) is 6.54 Å². The van der Waals surface area contributed by atoms with Crippen molar-refractivity contribution in [1.29, 1.82) is 0 Å². The molecule has 0 saturated heterocycles. The molecule has 0 aliphatic carbocycles. The third kappa shape index (κ3) is 5.78. The van der Waals surface area contributed by atoms with Gasteiger partial charge in [0.1, 0.15) is 18.0 Å². The maximum atomic E-state index is 4.42. The lowest BCUT2D eigenvalue weighted by Gasteiger charge is -2.11. The average molecular weight is 480 g/mol. The van der Waals surface area contributed by atoms with Gasteiger partial charge in [0.2, 0.25) is 0 Å². The van der Waals surface area contributed by atoms with Gasteiger partial charge in [-0.3, -0.25) is 4.99 Å². The molecule has 144 valence electrons. The minimum Gasteiger partial charge on any atom is -0.355 e. The first-order chi connectivity index (χ1) is 12.8. The molecular formula is C18H25IN8. The molecule has 0 amide bonds. The lowest BCUT2D eigenvalue weighted by atomic mass is 10.2. The van der Waals surface area contributed by atoms with Gasteiger partial charge in [-0.05, 0) is 5.56 Å². The van der Waals surface area contributed by atoms with Crippen LogP contribution in [0.3, 0.4) is 0 Å². The summed E-state index contributed by atoms with van der Waals surface area (Å²) in [5, 5.41) is 14.6. The minimum atomic E-state index is 0. The summed E-state index contributed by atoms with van der Waals surface area (Å²) in [5.74, 6) is 2.58. The fourth-order valence-corrected chi connectivity index (χ4v) is 2.64. The first kappa shape index (κ1) is 20.9. The van der Waals surface area contributed by atoms with Crippen molar-refractivity contribution in [3.05, 3.63) is 54.5 Å². The van der Waals surface area contributed by atoms with Crippen LogP contribution in [0.25, 0.3) is 11.3 Å². The van der Waals surface area contributed by atoms with Crippen LogP contribution in [0.1, 0.15) is 18.6 Å². The molecule has 9 heteroatoms. The van der Waals surface area contributed by atoms with Crippen LogP contribution >= 0.6 is 24.0 Å². The Kier molecular flexibility index (Phi) is 8.24. The summed E-state index contributed by atoms with van der Waals surface area (Å²) in [6, 6.07) is 10.1. The zero-order chi connectivity index (χ0) is 18.2. The van der Waals surface area contributed by atoms with E-state index in [0.717, 1.165) is 48.4 Å². The van der Waals surface area contributed by atoms with Crippen LogP contribution in [-0.4, -0.2) is 44.3 Å². The highest BCUT2D eigenvalue weighted by atomic mass is 127. The number of H-pyrrole nitrogens is 1. The van der Waals surface area contributed by atoms with Gasteiger partial charge in [-0.2, -0.15) is 0 Å². The molecule has 3 N–H and O–H groups in total. The molecule has 0 spiro atoms. The third-order valence-electron chi connectivity index (χ3n) is 4.02. The van der Waals surface area contributed by atoms with Crippen molar-refractivity contribution < 1.29 is 0 Å². The van der Waals surface area contributed by atoms with Gasteiger partial charge in [0, 0.05) is 26.6 Å². The van der Waals surface area contributed by atoms with Crippen molar-refractivity contribution in [2.45, 2.75) is 26.4 Å². The van der Waals surface area contributed by atoms with Crippen LogP contribution in [-0.2, 0) is 19.5 Å². The molecule has 8 nitrogen and oxygen atoms in total. The Morgan fingerprint density at radius 3 is 2.78 bits per heavy atom. The Morgan fingerprint density at radius 1 is 1.22 bits per heavy atom. The molecule has 0 aliphatic heterocycles. The predicted molar refractivity (Wildman–Crippen MR) is 117 cm³/mol. The Morgan fingerprint density at radius 2 is 2.04 bits per heavy atom. The van der Waals surface area contributed by atoms with E-state index in [4.69, 9.17) is 0 Å². The van der Waals surface area contributed by atoms with Gasteiger partial charge >= 0.3 is 0 Å². The summed E-state index contributed by atoms with van der Waals surface area (Å²) in [6.07, 6.45) is 4.47. The molecule has 0 saturated carbocycles. The molecule has 2 heterocycles. The van der Waals surface area contributed by atoms with Crippen molar-refractivity contribution in [2.75, 3.05) is 13.6 Å². The third-order valence-corrected chi connectivity index (χ3v) is 4.02. The van der Waals surface area contributed by atoms with Crippen LogP contribution in [0.4, 0.5) is 0 Å². The Bertz CT molecular complexity index is 840. The molecule has 0 radical (unpaired) electrons. The Balaban J connectivity index is 0.00000261. The second-order valence-corrected chi connectivity index (χ2v) is 5.76. The summed E-state index contributed by atoms with van der Waals surface area (Å²) >= 11 is 0. The van der Waals surface area contributed by atoms with E-state index in [2.05, 4.69) is 54.8 Å². The van der Waals surface area contributed by atoms with Crippen molar-refractivity contribution in [2.24, 2.45) is 4.99 Å². The molecule has 1 aromatic carbocycles. The molecule has 0 unspecified atom stereocenters. The number of halogens is 1. The highest BCUT2D eigenvalue weighted by Gasteiger charge is 2.05. The van der Waals surface area contributed by atoms with Crippen molar-refractivity contribution >= 4 is 29.9 Å². The summed E-state index contributed by atoms with van der Waals surface area (Å²) < 4.78 is 2.04. The molecule has 27 heavy (non-hydrogen) atoms. The number of imidazole rings is 1. The SMILES string of the molecule is CCc1nncn1CCNC(=NC)NCc1ncc(-c2ccccc2)[nH]1.I. The number of aliphatic imine (C=N–C) groups is 1. The lowest BCUT2D eigenvalue weighted by Crippen LogP contribution is -2.38. The number of hydrogen-bond acceptors (Lipinski definition) is 4. The summed E-state index contributed by atoms with van der Waals surface area (Å²) in [6.45, 7) is 4.16. The summed E-state index contributed by atoms with van der Waals surface area (Å²) in [4.78, 5) is 12.0. The number of aromatic nitrogens is 5. The fraction of sp³-hybridized carbons (Fsp3) is 0.333. The van der Waals surface area contributed by atoms with E-state index in [9.17, 15) is 0 Å². The van der Waals surface area contributed by atoms with E-state index in [1.54, 1.807) is 13.4 Å². The summed E-state index contributed by atoms with van der Waals surface area (Å²) in [5.41, 5.74) is 2.12. The summed E-state index contributed by atoms with van der Waals surface area (Å²) in [7, 11) is 1.75. The zero-order valence-corrected chi connectivity index (χ0v) is 17.8. The lowest BCUT2D eigenvalue weighted by molar-refractivity contribution is 0.631. The van der Waals surface area contributed by atoms with Crippen LogP contribution < -0.4 is 10.6 Å². The van der Waals surface area contributed by atoms with Gasteiger partial charge in [0.05, 0.1) is 18.4 Å². The van der Waals surface area contributed by atoms with Crippen LogP contribution in [0, 0.1) is 0 Å². The van der Waals surface area contributed by atoms with Gasteiger partial charge in [-0.25, -0.2) is 4.98 Å². The van der Waals surface area contributed by atoms with E-state index < -0.39 is 0 Å². The molecule has 2 aromatic heterocycles. The van der Waals surface area contributed by atoms with Gasteiger partial charge in [-0.1, -0.05) is 37.3 Å². The monoisotopic (exact) mass is 480 g/mol. The van der Waals surface area contributed by atoms with Gasteiger partial charge in [0.25, 0.3) is 0 Å². The van der Waals surface area contributed by atoms with Crippen LogP contribution in [0.15, 0.2) is 47.8 Å². The second-order valence-electron chi connectivity index (χ2n) is 5.76. The van der Waals surface area contributed by atoms with Gasteiger partial charge < -0.3 is 20.2 Å². The highest BCUT2D eigenvalue weighted by Crippen LogP contribution is 2.15. The van der Waals surface area contributed by atoms with Crippen molar-refractivity contribution in [3.8, 4) is 11.3 Å². The quantitative estimate of drug-likeness (QED) is 0.274. The second kappa shape index (κ2) is 10.7. The zero-order valence-electron chi connectivity index (χ0n) is 15.5. The Hall–Kier alpha value is -2.43. The predicted octanol–water partition coefficient (Wildman–Crippen LogP) is 2.21.